The molecule has 0 radical (unpaired) electrons. The number of aryl methyl sites for hydroxylation is 1. The monoisotopic (exact) mass is 207 g/mol. The van der Waals surface area contributed by atoms with Gasteiger partial charge in [0.15, 0.2) is 0 Å². The van der Waals surface area contributed by atoms with E-state index in [0.717, 1.165) is 23.9 Å². The average molecular weight is 207 g/mol. The van der Waals surface area contributed by atoms with E-state index in [-0.39, 0.29) is 0 Å². The summed E-state index contributed by atoms with van der Waals surface area (Å²) in [6.07, 6.45) is 6.27. The van der Waals surface area contributed by atoms with Crippen molar-refractivity contribution in [3.8, 4) is 0 Å². The van der Waals surface area contributed by atoms with E-state index in [9.17, 15) is 0 Å². The Hall–Kier alpha value is -0.990. The van der Waals surface area contributed by atoms with Crippen LogP contribution in [0.15, 0.2) is 0 Å². The van der Waals surface area contributed by atoms with Crippen LogP contribution in [0.3, 0.4) is 0 Å². The molecule has 0 spiro atoms. The van der Waals surface area contributed by atoms with E-state index in [1.54, 1.807) is 0 Å². The van der Waals surface area contributed by atoms with Crippen molar-refractivity contribution in [2.75, 3.05) is 5.73 Å². The van der Waals surface area contributed by atoms with E-state index in [2.05, 4.69) is 23.4 Å². The van der Waals surface area contributed by atoms with Crippen LogP contribution < -0.4 is 5.73 Å². The van der Waals surface area contributed by atoms with Crippen LogP contribution in [0, 0.1) is 6.92 Å². The van der Waals surface area contributed by atoms with Gasteiger partial charge in [-0.2, -0.15) is 0 Å². The summed E-state index contributed by atoms with van der Waals surface area (Å²) in [5, 5.41) is 0. The molecule has 0 amide bonds. The second-order valence-corrected chi connectivity index (χ2v) is 4.56. The van der Waals surface area contributed by atoms with Gasteiger partial charge in [-0.25, -0.2) is 4.98 Å². The van der Waals surface area contributed by atoms with Gasteiger partial charge in [0.1, 0.15) is 11.6 Å². The smallest absolute Gasteiger partial charge is 0.127 e. The molecule has 0 bridgehead atoms. The largest absolute Gasteiger partial charge is 0.384 e. The molecule has 1 fully saturated rings. The second-order valence-electron chi connectivity index (χ2n) is 4.56. The lowest BCUT2D eigenvalue weighted by atomic mass is 9.83. The summed E-state index contributed by atoms with van der Waals surface area (Å²) in [5.41, 5.74) is 7.32. The van der Waals surface area contributed by atoms with Crippen molar-refractivity contribution in [1.82, 2.24) is 9.55 Å². The SMILES string of the molecule is CCCCn1c(C)nc(C2CCC2)c1N. The third-order valence-corrected chi connectivity index (χ3v) is 3.45. The molecular weight excluding hydrogens is 186 g/mol. The van der Waals surface area contributed by atoms with Crippen molar-refractivity contribution >= 4 is 5.82 Å². The van der Waals surface area contributed by atoms with Crippen molar-refractivity contribution in [2.45, 2.75) is 58.4 Å². The Kier molecular flexibility index (Phi) is 2.98. The first kappa shape index (κ1) is 10.5. The standard InChI is InChI=1S/C12H21N3/c1-3-4-8-15-9(2)14-11(12(15)13)10-6-5-7-10/h10H,3-8,13H2,1-2H3. The number of nitrogens with zero attached hydrogens (tertiary/aromatic N) is 2. The van der Waals surface area contributed by atoms with Gasteiger partial charge >= 0.3 is 0 Å². The van der Waals surface area contributed by atoms with Crippen LogP contribution in [-0.2, 0) is 6.54 Å². The van der Waals surface area contributed by atoms with Crippen LogP contribution in [0.25, 0.3) is 0 Å². The number of hydrogen-bond donors (Lipinski definition) is 1. The minimum atomic E-state index is 0.645. The highest BCUT2D eigenvalue weighted by Gasteiger charge is 2.25. The van der Waals surface area contributed by atoms with E-state index in [0.29, 0.717) is 5.92 Å². The van der Waals surface area contributed by atoms with Crippen LogP contribution in [0.2, 0.25) is 0 Å². The van der Waals surface area contributed by atoms with Gasteiger partial charge in [-0.05, 0) is 26.2 Å². The summed E-state index contributed by atoms with van der Waals surface area (Å²) in [7, 11) is 0. The van der Waals surface area contributed by atoms with Gasteiger partial charge in [0.05, 0.1) is 5.69 Å². The zero-order valence-corrected chi connectivity index (χ0v) is 9.79. The van der Waals surface area contributed by atoms with E-state index in [1.165, 1.54) is 32.1 Å². The molecule has 1 aromatic rings. The number of anilines is 1. The molecule has 2 N–H and O–H groups in total. The summed E-state index contributed by atoms with van der Waals surface area (Å²) in [4.78, 5) is 4.62. The number of hydrogen-bond acceptors (Lipinski definition) is 2. The van der Waals surface area contributed by atoms with Crippen LogP contribution in [-0.4, -0.2) is 9.55 Å². The first-order chi connectivity index (χ1) is 7.24. The Morgan fingerprint density at radius 1 is 1.47 bits per heavy atom. The molecule has 1 heterocycles. The second kappa shape index (κ2) is 4.25. The number of imidazole rings is 1. The van der Waals surface area contributed by atoms with Gasteiger partial charge in [-0.15, -0.1) is 0 Å². The molecule has 1 aliphatic carbocycles. The lowest BCUT2D eigenvalue weighted by Crippen LogP contribution is -2.12. The molecule has 0 aromatic carbocycles. The third kappa shape index (κ3) is 1.87. The van der Waals surface area contributed by atoms with Crippen LogP contribution in [0.4, 0.5) is 5.82 Å². The fourth-order valence-electron chi connectivity index (χ4n) is 2.19. The lowest BCUT2D eigenvalue weighted by Gasteiger charge is -2.24. The van der Waals surface area contributed by atoms with E-state index >= 15 is 0 Å². The molecule has 3 heteroatoms. The minimum absolute atomic E-state index is 0.645. The number of nitrogen functional groups attached to an aromatic ring is 1. The zero-order valence-electron chi connectivity index (χ0n) is 9.79. The maximum Gasteiger partial charge on any atom is 0.127 e. The molecular formula is C12H21N3. The maximum atomic E-state index is 6.16. The highest BCUT2D eigenvalue weighted by Crippen LogP contribution is 2.38. The summed E-state index contributed by atoms with van der Waals surface area (Å²) in [6.45, 7) is 5.29. The van der Waals surface area contributed by atoms with Crippen molar-refractivity contribution in [1.29, 1.82) is 0 Å². The van der Waals surface area contributed by atoms with Gasteiger partial charge < -0.3 is 10.3 Å². The lowest BCUT2D eigenvalue weighted by molar-refractivity contribution is 0.413. The molecule has 1 saturated carbocycles. The fraction of sp³-hybridized carbons (Fsp3) is 0.750. The molecule has 84 valence electrons. The van der Waals surface area contributed by atoms with Gasteiger partial charge in [-0.3, -0.25) is 0 Å². The summed E-state index contributed by atoms with van der Waals surface area (Å²) < 4.78 is 2.18. The Morgan fingerprint density at radius 2 is 2.20 bits per heavy atom. The molecule has 2 rings (SSSR count). The predicted molar refractivity (Wildman–Crippen MR) is 62.9 cm³/mol. The molecule has 15 heavy (non-hydrogen) atoms. The summed E-state index contributed by atoms with van der Waals surface area (Å²) in [6, 6.07) is 0. The number of rotatable bonds is 4. The molecule has 0 saturated heterocycles. The first-order valence-electron chi connectivity index (χ1n) is 6.06. The molecule has 0 atom stereocenters. The Labute approximate surface area is 91.7 Å². The fourth-order valence-corrected chi connectivity index (χ4v) is 2.19. The van der Waals surface area contributed by atoms with Crippen LogP contribution in [0.1, 0.15) is 56.5 Å². The van der Waals surface area contributed by atoms with E-state index in [1.807, 2.05) is 0 Å². The Bertz CT molecular complexity index is 337. The van der Waals surface area contributed by atoms with Crippen molar-refractivity contribution < 1.29 is 0 Å². The highest BCUT2D eigenvalue weighted by molar-refractivity contribution is 5.41. The number of aromatic nitrogens is 2. The third-order valence-electron chi connectivity index (χ3n) is 3.45. The average Bonchev–Trinajstić information content (AvgIpc) is 2.38. The summed E-state index contributed by atoms with van der Waals surface area (Å²) in [5.74, 6) is 2.65. The highest BCUT2D eigenvalue weighted by atomic mass is 15.1. The normalized spacial score (nSPS) is 16.7. The van der Waals surface area contributed by atoms with Crippen LogP contribution in [0.5, 0.6) is 0 Å². The van der Waals surface area contributed by atoms with Gasteiger partial charge in [0.2, 0.25) is 0 Å². The Morgan fingerprint density at radius 3 is 2.73 bits per heavy atom. The quantitative estimate of drug-likeness (QED) is 0.825. The minimum Gasteiger partial charge on any atom is -0.384 e. The van der Waals surface area contributed by atoms with Gasteiger partial charge in [-0.1, -0.05) is 19.8 Å². The predicted octanol–water partition coefficient (Wildman–Crippen LogP) is 2.84. The van der Waals surface area contributed by atoms with Crippen molar-refractivity contribution in [3.63, 3.8) is 0 Å². The number of nitrogens with two attached hydrogens (primary N) is 1. The molecule has 0 unspecified atom stereocenters. The molecule has 1 aliphatic rings. The summed E-state index contributed by atoms with van der Waals surface area (Å²) >= 11 is 0. The molecule has 3 nitrogen and oxygen atoms in total. The van der Waals surface area contributed by atoms with Gasteiger partial charge in [0.25, 0.3) is 0 Å². The number of unbranched alkanes of at least 4 members (excludes halogenated alkanes) is 1. The topological polar surface area (TPSA) is 43.8 Å². The van der Waals surface area contributed by atoms with Crippen LogP contribution >= 0.6 is 0 Å². The first-order valence-corrected chi connectivity index (χ1v) is 6.06. The van der Waals surface area contributed by atoms with Crippen molar-refractivity contribution in [3.05, 3.63) is 11.5 Å². The Balaban J connectivity index is 2.18. The van der Waals surface area contributed by atoms with E-state index < -0.39 is 0 Å². The molecule has 1 aromatic heterocycles. The molecule has 0 aliphatic heterocycles. The van der Waals surface area contributed by atoms with Crippen molar-refractivity contribution in [2.24, 2.45) is 0 Å². The van der Waals surface area contributed by atoms with Gasteiger partial charge in [0, 0.05) is 12.5 Å². The zero-order chi connectivity index (χ0) is 10.8. The maximum absolute atomic E-state index is 6.16. The van der Waals surface area contributed by atoms with E-state index in [4.69, 9.17) is 5.73 Å².